The highest BCUT2D eigenvalue weighted by atomic mass is 32.1. The minimum Gasteiger partial charge on any atom is -0.349 e. The molecular formula is C16H20FN3S. The Bertz CT molecular complexity index is 611. The van der Waals surface area contributed by atoms with Gasteiger partial charge in [0.15, 0.2) is 11.6 Å². The van der Waals surface area contributed by atoms with Gasteiger partial charge in [0.05, 0.1) is 0 Å². The van der Waals surface area contributed by atoms with Gasteiger partial charge in [-0.15, -0.1) is 11.3 Å². The number of anilines is 1. The Morgan fingerprint density at radius 3 is 3.19 bits per heavy atom. The molecule has 3 heterocycles. The number of aromatic nitrogens is 1. The summed E-state index contributed by atoms with van der Waals surface area (Å²) in [5, 5.41) is 5.36. The van der Waals surface area contributed by atoms with Crippen molar-refractivity contribution in [1.82, 2.24) is 10.3 Å². The lowest BCUT2D eigenvalue weighted by Crippen LogP contribution is -2.31. The van der Waals surface area contributed by atoms with Crippen molar-refractivity contribution < 1.29 is 4.39 Å². The molecule has 0 unspecified atom stereocenters. The zero-order valence-electron chi connectivity index (χ0n) is 12.2. The molecule has 0 fully saturated rings. The standard InChI is InChI=1S/C16H20FN3S/c1-2-6-18-10-12-3-7-19-16(15(12)17)20-8-4-14-13(11-20)5-9-21-14/h3,5,7,9,18H,2,4,6,8,10-11H2,1H3. The number of fused-ring (bicyclic) bond motifs is 1. The highest BCUT2D eigenvalue weighted by Gasteiger charge is 2.22. The van der Waals surface area contributed by atoms with Gasteiger partial charge in [-0.25, -0.2) is 9.37 Å². The maximum atomic E-state index is 14.6. The molecule has 0 amide bonds. The lowest BCUT2D eigenvalue weighted by atomic mass is 10.1. The summed E-state index contributed by atoms with van der Waals surface area (Å²) in [6.07, 6.45) is 3.74. The minimum atomic E-state index is -0.181. The molecule has 0 spiro atoms. The topological polar surface area (TPSA) is 28.2 Å². The second kappa shape index (κ2) is 6.54. The summed E-state index contributed by atoms with van der Waals surface area (Å²) in [6, 6.07) is 3.90. The van der Waals surface area contributed by atoms with Crippen LogP contribution in [0.1, 0.15) is 29.3 Å². The van der Waals surface area contributed by atoms with Crippen LogP contribution in [0.2, 0.25) is 0 Å². The first kappa shape index (κ1) is 14.5. The molecule has 0 bridgehead atoms. The van der Waals surface area contributed by atoms with E-state index in [0.717, 1.165) is 32.5 Å². The van der Waals surface area contributed by atoms with Gasteiger partial charge in [0, 0.05) is 36.3 Å². The van der Waals surface area contributed by atoms with Crippen LogP contribution in [-0.4, -0.2) is 18.1 Å². The SMILES string of the molecule is CCCNCc1ccnc(N2CCc3sccc3C2)c1F. The summed E-state index contributed by atoms with van der Waals surface area (Å²) < 4.78 is 14.6. The van der Waals surface area contributed by atoms with E-state index in [9.17, 15) is 4.39 Å². The van der Waals surface area contributed by atoms with Gasteiger partial charge < -0.3 is 10.2 Å². The lowest BCUT2D eigenvalue weighted by molar-refractivity contribution is 0.570. The van der Waals surface area contributed by atoms with Crippen molar-refractivity contribution in [3.8, 4) is 0 Å². The molecule has 0 radical (unpaired) electrons. The minimum absolute atomic E-state index is 0.181. The second-order valence-electron chi connectivity index (χ2n) is 5.33. The molecule has 2 aromatic heterocycles. The Hall–Kier alpha value is -1.46. The van der Waals surface area contributed by atoms with Gasteiger partial charge in [0.2, 0.25) is 0 Å². The van der Waals surface area contributed by atoms with Crippen molar-refractivity contribution in [2.24, 2.45) is 0 Å². The quantitative estimate of drug-likeness (QED) is 0.859. The average Bonchev–Trinajstić information content (AvgIpc) is 2.96. The van der Waals surface area contributed by atoms with Crippen LogP contribution >= 0.6 is 11.3 Å². The summed E-state index contributed by atoms with van der Waals surface area (Å²) in [5.41, 5.74) is 2.01. The average molecular weight is 305 g/mol. The van der Waals surface area contributed by atoms with Gasteiger partial charge in [-0.3, -0.25) is 0 Å². The highest BCUT2D eigenvalue weighted by molar-refractivity contribution is 7.10. The molecule has 2 aromatic rings. The summed E-state index contributed by atoms with van der Waals surface area (Å²) in [4.78, 5) is 7.75. The normalized spacial score (nSPS) is 14.3. The molecular weight excluding hydrogens is 285 g/mol. The fraction of sp³-hybridized carbons (Fsp3) is 0.438. The molecule has 112 valence electrons. The van der Waals surface area contributed by atoms with Crippen LogP contribution in [0.25, 0.3) is 0 Å². The third-order valence-electron chi connectivity index (χ3n) is 3.80. The first-order valence-electron chi connectivity index (χ1n) is 7.44. The van der Waals surface area contributed by atoms with Gasteiger partial charge in [-0.05, 0) is 42.5 Å². The van der Waals surface area contributed by atoms with E-state index in [1.165, 1.54) is 10.4 Å². The molecule has 21 heavy (non-hydrogen) atoms. The fourth-order valence-corrected chi connectivity index (χ4v) is 3.55. The Balaban J connectivity index is 1.78. The molecule has 1 aliphatic rings. The molecule has 3 rings (SSSR count). The second-order valence-corrected chi connectivity index (χ2v) is 6.33. The molecule has 0 saturated heterocycles. The number of hydrogen-bond donors (Lipinski definition) is 1. The third-order valence-corrected chi connectivity index (χ3v) is 4.82. The number of rotatable bonds is 5. The number of hydrogen-bond acceptors (Lipinski definition) is 4. The Morgan fingerprint density at radius 1 is 1.43 bits per heavy atom. The van der Waals surface area contributed by atoms with E-state index in [-0.39, 0.29) is 5.82 Å². The fourth-order valence-electron chi connectivity index (χ4n) is 2.66. The third kappa shape index (κ3) is 3.09. The smallest absolute Gasteiger partial charge is 0.170 e. The van der Waals surface area contributed by atoms with Crippen LogP contribution in [0, 0.1) is 5.82 Å². The molecule has 1 aliphatic heterocycles. The molecule has 0 saturated carbocycles. The predicted molar refractivity (Wildman–Crippen MR) is 85.3 cm³/mol. The van der Waals surface area contributed by atoms with E-state index >= 15 is 0 Å². The highest BCUT2D eigenvalue weighted by Crippen LogP contribution is 2.28. The van der Waals surface area contributed by atoms with E-state index in [1.54, 1.807) is 23.6 Å². The molecule has 0 aliphatic carbocycles. The monoisotopic (exact) mass is 305 g/mol. The lowest BCUT2D eigenvalue weighted by Gasteiger charge is -2.28. The largest absolute Gasteiger partial charge is 0.349 e. The zero-order chi connectivity index (χ0) is 14.7. The number of pyridine rings is 1. The Kier molecular flexibility index (Phi) is 4.51. The van der Waals surface area contributed by atoms with E-state index in [1.807, 2.05) is 4.90 Å². The van der Waals surface area contributed by atoms with Crippen LogP contribution in [-0.2, 0) is 19.5 Å². The van der Waals surface area contributed by atoms with Crippen molar-refractivity contribution in [2.45, 2.75) is 32.9 Å². The first-order valence-corrected chi connectivity index (χ1v) is 8.32. The number of halogens is 1. The van der Waals surface area contributed by atoms with Crippen molar-refractivity contribution >= 4 is 17.2 Å². The van der Waals surface area contributed by atoms with Crippen LogP contribution in [0.15, 0.2) is 23.7 Å². The van der Waals surface area contributed by atoms with Gasteiger partial charge in [0.25, 0.3) is 0 Å². The molecule has 0 aromatic carbocycles. The van der Waals surface area contributed by atoms with Crippen LogP contribution in [0.3, 0.4) is 0 Å². The Labute approximate surface area is 128 Å². The van der Waals surface area contributed by atoms with Gasteiger partial charge >= 0.3 is 0 Å². The van der Waals surface area contributed by atoms with Crippen molar-refractivity contribution in [2.75, 3.05) is 18.0 Å². The van der Waals surface area contributed by atoms with Crippen LogP contribution < -0.4 is 10.2 Å². The van der Waals surface area contributed by atoms with Gasteiger partial charge in [-0.1, -0.05) is 6.92 Å². The number of nitrogens with one attached hydrogen (secondary N) is 1. The van der Waals surface area contributed by atoms with E-state index < -0.39 is 0 Å². The van der Waals surface area contributed by atoms with E-state index in [4.69, 9.17) is 0 Å². The van der Waals surface area contributed by atoms with Crippen LogP contribution in [0.4, 0.5) is 10.2 Å². The van der Waals surface area contributed by atoms with E-state index in [2.05, 4.69) is 28.7 Å². The van der Waals surface area contributed by atoms with Gasteiger partial charge in [0.1, 0.15) is 0 Å². The first-order chi connectivity index (χ1) is 10.3. The van der Waals surface area contributed by atoms with Crippen LogP contribution in [0.5, 0.6) is 0 Å². The van der Waals surface area contributed by atoms with Crippen molar-refractivity contribution in [3.63, 3.8) is 0 Å². The number of nitrogens with zero attached hydrogens (tertiary/aromatic N) is 2. The summed E-state index contributed by atoms with van der Waals surface area (Å²) in [6.45, 7) is 5.16. The Morgan fingerprint density at radius 2 is 2.33 bits per heavy atom. The summed E-state index contributed by atoms with van der Waals surface area (Å²) in [5.74, 6) is 0.308. The van der Waals surface area contributed by atoms with Crippen molar-refractivity contribution in [3.05, 3.63) is 45.5 Å². The van der Waals surface area contributed by atoms with Gasteiger partial charge in [-0.2, -0.15) is 0 Å². The molecule has 0 atom stereocenters. The zero-order valence-corrected chi connectivity index (χ0v) is 13.0. The maximum absolute atomic E-state index is 14.6. The molecule has 5 heteroatoms. The maximum Gasteiger partial charge on any atom is 0.170 e. The molecule has 1 N–H and O–H groups in total. The number of thiophene rings is 1. The summed E-state index contributed by atoms with van der Waals surface area (Å²) in [7, 11) is 0. The molecule has 3 nitrogen and oxygen atoms in total. The van der Waals surface area contributed by atoms with E-state index in [0.29, 0.717) is 17.9 Å². The van der Waals surface area contributed by atoms with Crippen molar-refractivity contribution in [1.29, 1.82) is 0 Å². The summed E-state index contributed by atoms with van der Waals surface area (Å²) >= 11 is 1.79. The predicted octanol–water partition coefficient (Wildman–Crippen LogP) is 3.34.